The SMILES string of the molecule is C[C@@H](N)C(=O)NCc1ccc(Cl)s1.Cl. The molecule has 0 spiro atoms. The molecule has 14 heavy (non-hydrogen) atoms. The summed E-state index contributed by atoms with van der Waals surface area (Å²) >= 11 is 7.17. The van der Waals surface area contributed by atoms with E-state index in [4.69, 9.17) is 17.3 Å². The van der Waals surface area contributed by atoms with Gasteiger partial charge < -0.3 is 11.1 Å². The van der Waals surface area contributed by atoms with E-state index in [2.05, 4.69) is 5.32 Å². The van der Waals surface area contributed by atoms with Gasteiger partial charge in [0.1, 0.15) is 0 Å². The van der Waals surface area contributed by atoms with E-state index in [-0.39, 0.29) is 18.3 Å². The molecule has 0 bridgehead atoms. The Hall–Kier alpha value is -0.290. The van der Waals surface area contributed by atoms with Gasteiger partial charge in [0.05, 0.1) is 16.9 Å². The molecule has 0 unspecified atom stereocenters. The van der Waals surface area contributed by atoms with Crippen LogP contribution in [0.2, 0.25) is 4.34 Å². The average Bonchev–Trinajstić information content (AvgIpc) is 2.47. The Labute approximate surface area is 98.0 Å². The van der Waals surface area contributed by atoms with Gasteiger partial charge in [0.2, 0.25) is 5.91 Å². The Bertz CT molecular complexity index is 301. The summed E-state index contributed by atoms with van der Waals surface area (Å²) in [6.45, 7) is 2.15. The molecular weight excluding hydrogens is 243 g/mol. The standard InChI is InChI=1S/C8H11ClN2OS.ClH/c1-5(10)8(12)11-4-6-2-3-7(9)13-6;/h2-3,5H,4,10H2,1H3,(H,11,12);1H/t5-;/m1./s1. The van der Waals surface area contributed by atoms with Crippen LogP contribution in [0.25, 0.3) is 0 Å². The Kier molecular flexibility index (Phi) is 6.11. The lowest BCUT2D eigenvalue weighted by Crippen LogP contribution is -2.37. The van der Waals surface area contributed by atoms with Crippen molar-refractivity contribution in [3.05, 3.63) is 21.3 Å². The van der Waals surface area contributed by atoms with Crippen molar-refractivity contribution in [1.29, 1.82) is 0 Å². The van der Waals surface area contributed by atoms with E-state index in [1.807, 2.05) is 6.07 Å². The summed E-state index contributed by atoms with van der Waals surface area (Å²) in [6.07, 6.45) is 0. The minimum absolute atomic E-state index is 0. The van der Waals surface area contributed by atoms with Crippen LogP contribution in [0, 0.1) is 0 Å². The van der Waals surface area contributed by atoms with Gasteiger partial charge >= 0.3 is 0 Å². The van der Waals surface area contributed by atoms with Gasteiger partial charge in [-0.25, -0.2) is 0 Å². The zero-order chi connectivity index (χ0) is 9.84. The van der Waals surface area contributed by atoms with E-state index in [0.717, 1.165) is 9.21 Å². The van der Waals surface area contributed by atoms with Gasteiger partial charge in [-0.1, -0.05) is 11.6 Å². The van der Waals surface area contributed by atoms with Crippen LogP contribution < -0.4 is 11.1 Å². The van der Waals surface area contributed by atoms with Crippen LogP contribution in [0.15, 0.2) is 12.1 Å². The number of thiophene rings is 1. The maximum absolute atomic E-state index is 11.1. The molecule has 1 heterocycles. The lowest BCUT2D eigenvalue weighted by atomic mass is 10.3. The maximum Gasteiger partial charge on any atom is 0.236 e. The van der Waals surface area contributed by atoms with Crippen LogP contribution in [0.1, 0.15) is 11.8 Å². The third-order valence-electron chi connectivity index (χ3n) is 1.48. The second kappa shape index (κ2) is 6.24. The van der Waals surface area contributed by atoms with Crippen LogP contribution in [-0.4, -0.2) is 11.9 Å². The van der Waals surface area contributed by atoms with Gasteiger partial charge in [-0.05, 0) is 19.1 Å². The highest BCUT2D eigenvalue weighted by Gasteiger charge is 2.06. The van der Waals surface area contributed by atoms with E-state index in [9.17, 15) is 4.79 Å². The molecule has 80 valence electrons. The van der Waals surface area contributed by atoms with Crippen molar-refractivity contribution in [2.45, 2.75) is 19.5 Å². The molecule has 1 amide bonds. The molecule has 0 radical (unpaired) electrons. The largest absolute Gasteiger partial charge is 0.350 e. The Morgan fingerprint density at radius 3 is 2.79 bits per heavy atom. The highest BCUT2D eigenvalue weighted by molar-refractivity contribution is 7.16. The normalized spacial score (nSPS) is 11.6. The van der Waals surface area contributed by atoms with Crippen LogP contribution in [0.3, 0.4) is 0 Å². The second-order valence-corrected chi connectivity index (χ2v) is 4.51. The molecule has 3 N–H and O–H groups in total. The van der Waals surface area contributed by atoms with E-state index >= 15 is 0 Å². The zero-order valence-corrected chi connectivity index (χ0v) is 10.0. The fraction of sp³-hybridized carbons (Fsp3) is 0.375. The predicted molar refractivity (Wildman–Crippen MR) is 62.1 cm³/mol. The number of carbonyl (C=O) groups is 1. The van der Waals surface area contributed by atoms with E-state index < -0.39 is 6.04 Å². The first-order chi connectivity index (χ1) is 6.09. The summed E-state index contributed by atoms with van der Waals surface area (Å²) in [6, 6.07) is 3.23. The molecule has 3 nitrogen and oxygen atoms in total. The quantitative estimate of drug-likeness (QED) is 0.865. The van der Waals surface area contributed by atoms with E-state index in [0.29, 0.717) is 6.54 Å². The zero-order valence-electron chi connectivity index (χ0n) is 7.62. The number of halogens is 2. The lowest BCUT2D eigenvalue weighted by molar-refractivity contribution is -0.122. The first kappa shape index (κ1) is 13.7. The number of hydrogen-bond acceptors (Lipinski definition) is 3. The number of nitrogens with one attached hydrogen (secondary N) is 1. The Balaban J connectivity index is 0.00000169. The Morgan fingerprint density at radius 2 is 2.36 bits per heavy atom. The number of amides is 1. The summed E-state index contributed by atoms with van der Waals surface area (Å²) < 4.78 is 0.727. The van der Waals surface area contributed by atoms with Gasteiger partial charge in [-0.15, -0.1) is 23.7 Å². The van der Waals surface area contributed by atoms with Crippen LogP contribution in [0.5, 0.6) is 0 Å². The first-order valence-electron chi connectivity index (χ1n) is 3.87. The lowest BCUT2D eigenvalue weighted by Gasteiger charge is -2.05. The molecule has 0 aliphatic carbocycles. The van der Waals surface area contributed by atoms with Crippen LogP contribution >= 0.6 is 35.3 Å². The highest BCUT2D eigenvalue weighted by Crippen LogP contribution is 2.20. The fourth-order valence-electron chi connectivity index (χ4n) is 0.782. The minimum atomic E-state index is -0.463. The van der Waals surface area contributed by atoms with Gasteiger partial charge in [-0.2, -0.15) is 0 Å². The number of hydrogen-bond donors (Lipinski definition) is 2. The van der Waals surface area contributed by atoms with Crippen molar-refractivity contribution >= 4 is 41.3 Å². The second-order valence-electron chi connectivity index (χ2n) is 2.71. The molecule has 1 aromatic heterocycles. The molecule has 1 atom stereocenters. The average molecular weight is 255 g/mol. The molecule has 0 aliphatic heterocycles. The highest BCUT2D eigenvalue weighted by atomic mass is 35.5. The predicted octanol–water partition coefficient (Wildman–Crippen LogP) is 1.79. The number of carbonyl (C=O) groups excluding carboxylic acids is 1. The first-order valence-corrected chi connectivity index (χ1v) is 5.06. The summed E-state index contributed by atoms with van der Waals surface area (Å²) in [5.74, 6) is -0.149. The molecule has 0 saturated heterocycles. The number of rotatable bonds is 3. The smallest absolute Gasteiger partial charge is 0.236 e. The molecule has 1 rings (SSSR count). The van der Waals surface area contributed by atoms with Gasteiger partial charge in [0, 0.05) is 4.88 Å². The van der Waals surface area contributed by atoms with Crippen molar-refractivity contribution in [2.24, 2.45) is 5.73 Å². The molecule has 1 aromatic rings. The summed E-state index contributed by atoms with van der Waals surface area (Å²) in [5, 5.41) is 2.70. The molecule has 0 aliphatic rings. The van der Waals surface area contributed by atoms with Crippen molar-refractivity contribution in [2.75, 3.05) is 0 Å². The fourth-order valence-corrected chi connectivity index (χ4v) is 1.81. The van der Waals surface area contributed by atoms with Crippen molar-refractivity contribution in [3.63, 3.8) is 0 Å². The topological polar surface area (TPSA) is 55.1 Å². The molecule has 0 saturated carbocycles. The molecular formula is C8H12Cl2N2OS. The van der Waals surface area contributed by atoms with E-state index in [1.165, 1.54) is 11.3 Å². The summed E-state index contributed by atoms with van der Waals surface area (Å²) in [7, 11) is 0. The Morgan fingerprint density at radius 1 is 1.71 bits per heavy atom. The van der Waals surface area contributed by atoms with Crippen LogP contribution in [0.4, 0.5) is 0 Å². The monoisotopic (exact) mass is 254 g/mol. The van der Waals surface area contributed by atoms with E-state index in [1.54, 1.807) is 13.0 Å². The summed E-state index contributed by atoms with van der Waals surface area (Å²) in [5.41, 5.74) is 5.37. The van der Waals surface area contributed by atoms with Crippen molar-refractivity contribution in [3.8, 4) is 0 Å². The molecule has 6 heteroatoms. The van der Waals surface area contributed by atoms with Crippen molar-refractivity contribution in [1.82, 2.24) is 5.32 Å². The third kappa shape index (κ3) is 4.28. The van der Waals surface area contributed by atoms with Gasteiger partial charge in [0.25, 0.3) is 0 Å². The van der Waals surface area contributed by atoms with Crippen molar-refractivity contribution < 1.29 is 4.79 Å². The number of nitrogens with two attached hydrogens (primary N) is 1. The molecule has 0 aromatic carbocycles. The summed E-state index contributed by atoms with van der Waals surface area (Å²) in [4.78, 5) is 12.1. The maximum atomic E-state index is 11.1. The van der Waals surface area contributed by atoms with Gasteiger partial charge in [0.15, 0.2) is 0 Å². The minimum Gasteiger partial charge on any atom is -0.350 e. The third-order valence-corrected chi connectivity index (χ3v) is 2.71. The van der Waals surface area contributed by atoms with Gasteiger partial charge in [-0.3, -0.25) is 4.79 Å². The molecule has 0 fully saturated rings. The van der Waals surface area contributed by atoms with Crippen LogP contribution in [-0.2, 0) is 11.3 Å².